The van der Waals surface area contributed by atoms with Gasteiger partial charge in [0.1, 0.15) is 22.8 Å². The van der Waals surface area contributed by atoms with Gasteiger partial charge in [-0.25, -0.2) is 18.4 Å². The van der Waals surface area contributed by atoms with E-state index in [1.807, 2.05) is 58.8 Å². The highest BCUT2D eigenvalue weighted by Gasteiger charge is 2.47. The Hall–Kier alpha value is -4.53. The maximum Gasteiger partial charge on any atom is 0.254 e. The van der Waals surface area contributed by atoms with E-state index in [9.17, 15) is 13.2 Å². The molecule has 2 bridgehead atoms. The van der Waals surface area contributed by atoms with Gasteiger partial charge in [0.15, 0.2) is 5.88 Å². The fourth-order valence-corrected chi connectivity index (χ4v) is 9.95. The number of methoxy groups -OCH3 is 1. The first kappa shape index (κ1) is 32.4. The molecule has 9 rings (SSSR count). The van der Waals surface area contributed by atoms with Crippen LogP contribution in [0.15, 0.2) is 54.9 Å². The van der Waals surface area contributed by atoms with Crippen molar-refractivity contribution in [2.24, 2.45) is 11.7 Å². The van der Waals surface area contributed by atoms with Gasteiger partial charge in [0.2, 0.25) is 10.0 Å². The first-order valence-corrected chi connectivity index (χ1v) is 19.6. The molecule has 8 heterocycles. The van der Waals surface area contributed by atoms with E-state index in [1.54, 1.807) is 13.3 Å². The largest absolute Gasteiger partial charge is 0.482 e. The summed E-state index contributed by atoms with van der Waals surface area (Å²) in [6.45, 7) is 4.75. The number of hydrogen-bond donors (Lipinski definition) is 1. The normalized spacial score (nSPS) is 23.4. The Bertz CT molecular complexity index is 2270. The zero-order chi connectivity index (χ0) is 35.0. The molecular weight excluding hydrogens is 667 g/mol. The Morgan fingerprint density at radius 2 is 1.90 bits per heavy atom. The number of pyridine rings is 3. The third-order valence-electron chi connectivity index (χ3n) is 11.3. The Labute approximate surface area is 297 Å². The predicted octanol–water partition coefficient (Wildman–Crippen LogP) is 3.83. The zero-order valence-corrected chi connectivity index (χ0v) is 29.8. The Morgan fingerprint density at radius 3 is 2.63 bits per heavy atom. The summed E-state index contributed by atoms with van der Waals surface area (Å²) in [5, 5.41) is 0.917. The van der Waals surface area contributed by atoms with Crippen molar-refractivity contribution in [3.8, 4) is 17.3 Å². The van der Waals surface area contributed by atoms with Crippen LogP contribution >= 0.6 is 0 Å². The molecule has 5 aromatic rings. The van der Waals surface area contributed by atoms with Crippen LogP contribution < -0.4 is 14.8 Å². The van der Waals surface area contributed by atoms with Crippen LogP contribution in [-0.2, 0) is 23.1 Å². The third kappa shape index (κ3) is 5.64. The summed E-state index contributed by atoms with van der Waals surface area (Å²) in [7, 11) is -1.98. The molecular formula is C37H43N9O4S. The lowest BCUT2D eigenvalue weighted by Gasteiger charge is -2.23. The summed E-state index contributed by atoms with van der Waals surface area (Å²) in [5.74, 6) is 1.48. The molecule has 1 amide bonds. The van der Waals surface area contributed by atoms with E-state index in [2.05, 4.69) is 20.5 Å². The molecule has 0 radical (unpaired) electrons. The molecule has 4 aliphatic rings. The maximum atomic E-state index is 13.9. The van der Waals surface area contributed by atoms with Crippen LogP contribution in [0.25, 0.3) is 28.1 Å². The molecule has 0 aromatic carbocycles. The van der Waals surface area contributed by atoms with Crippen molar-refractivity contribution in [3.63, 3.8) is 0 Å². The van der Waals surface area contributed by atoms with Crippen molar-refractivity contribution >= 4 is 38.4 Å². The average Bonchev–Trinajstić information content (AvgIpc) is 3.51. The van der Waals surface area contributed by atoms with Gasteiger partial charge >= 0.3 is 0 Å². The topological polar surface area (TPSA) is 144 Å². The SMILES string of the molecule is COc1cc(C(=O)N2[C@H]3CC[C@@H]2[C@H](N)C3)cc2nc(-c3cc4ccc(N5CCN(Cc6cccnc6)CCS5(=O)=O)nc4n3CC3CC3)c(C)n12. The van der Waals surface area contributed by atoms with Gasteiger partial charge in [-0.3, -0.25) is 23.4 Å². The summed E-state index contributed by atoms with van der Waals surface area (Å²) < 4.78 is 38.8. The summed E-state index contributed by atoms with van der Waals surface area (Å²) in [5.41, 5.74) is 11.9. The first-order valence-electron chi connectivity index (χ1n) is 18.0. The van der Waals surface area contributed by atoms with Crippen LogP contribution in [0.1, 0.15) is 53.7 Å². The molecule has 0 spiro atoms. The second kappa shape index (κ2) is 12.3. The van der Waals surface area contributed by atoms with E-state index in [-0.39, 0.29) is 29.8 Å². The molecule has 13 nitrogen and oxygen atoms in total. The van der Waals surface area contributed by atoms with Gasteiger partial charge in [0.25, 0.3) is 5.91 Å². The first-order chi connectivity index (χ1) is 24.7. The van der Waals surface area contributed by atoms with E-state index in [0.717, 1.165) is 72.3 Å². The summed E-state index contributed by atoms with van der Waals surface area (Å²) >= 11 is 0. The number of nitrogens with zero attached hydrogens (tertiary/aromatic N) is 8. The molecule has 3 saturated heterocycles. The quantitative estimate of drug-likeness (QED) is 0.254. The van der Waals surface area contributed by atoms with E-state index in [0.29, 0.717) is 55.0 Å². The van der Waals surface area contributed by atoms with Crippen LogP contribution in [0.5, 0.6) is 5.88 Å². The second-order valence-electron chi connectivity index (χ2n) is 14.6. The van der Waals surface area contributed by atoms with Crippen molar-refractivity contribution in [2.75, 3.05) is 36.8 Å². The number of amides is 1. The van der Waals surface area contributed by atoms with E-state index < -0.39 is 10.0 Å². The molecule has 0 unspecified atom stereocenters. The van der Waals surface area contributed by atoms with Crippen molar-refractivity contribution in [1.29, 1.82) is 0 Å². The number of imidazole rings is 1. The van der Waals surface area contributed by atoms with Crippen LogP contribution in [0, 0.1) is 12.8 Å². The van der Waals surface area contributed by atoms with Gasteiger partial charge < -0.3 is 19.9 Å². The minimum Gasteiger partial charge on any atom is -0.482 e. The monoisotopic (exact) mass is 709 g/mol. The predicted molar refractivity (Wildman–Crippen MR) is 194 cm³/mol. The number of rotatable bonds is 8. The lowest BCUT2D eigenvalue weighted by atomic mass is 9.97. The number of aromatic nitrogens is 5. The van der Waals surface area contributed by atoms with Crippen molar-refractivity contribution in [3.05, 3.63) is 71.7 Å². The molecule has 14 heteroatoms. The lowest BCUT2D eigenvalue weighted by Crippen LogP contribution is -2.40. The second-order valence-corrected chi connectivity index (χ2v) is 16.6. The van der Waals surface area contributed by atoms with Crippen LogP contribution in [-0.4, -0.2) is 98.7 Å². The number of fused-ring (bicyclic) bond motifs is 4. The molecule has 3 atom stereocenters. The Balaban J connectivity index is 1.08. The molecule has 5 aromatic heterocycles. The lowest BCUT2D eigenvalue weighted by molar-refractivity contribution is 0.0726. The van der Waals surface area contributed by atoms with Gasteiger partial charge in [-0.2, -0.15) is 0 Å². The number of carbonyl (C=O) groups excluding carboxylic acids is 1. The highest BCUT2D eigenvalue weighted by Crippen LogP contribution is 2.40. The third-order valence-corrected chi connectivity index (χ3v) is 13.0. The van der Waals surface area contributed by atoms with Gasteiger partial charge in [-0.05, 0) is 80.8 Å². The van der Waals surface area contributed by atoms with E-state index in [4.69, 9.17) is 20.4 Å². The minimum atomic E-state index is -3.59. The molecule has 2 N–H and O–H groups in total. The fourth-order valence-electron chi connectivity index (χ4n) is 8.49. The Morgan fingerprint density at radius 1 is 1.04 bits per heavy atom. The van der Waals surface area contributed by atoms with Crippen molar-refractivity contribution in [1.82, 2.24) is 33.7 Å². The highest BCUT2D eigenvalue weighted by atomic mass is 32.2. The molecule has 3 aliphatic heterocycles. The van der Waals surface area contributed by atoms with E-state index in [1.165, 1.54) is 4.31 Å². The van der Waals surface area contributed by atoms with Gasteiger partial charge in [0.05, 0.1) is 24.3 Å². The molecule has 51 heavy (non-hydrogen) atoms. The zero-order valence-electron chi connectivity index (χ0n) is 29.0. The van der Waals surface area contributed by atoms with E-state index >= 15 is 0 Å². The number of anilines is 1. The van der Waals surface area contributed by atoms with Crippen LogP contribution in [0.4, 0.5) is 5.82 Å². The number of aryl methyl sites for hydroxylation is 1. The van der Waals surface area contributed by atoms with Gasteiger partial charge in [-0.15, -0.1) is 0 Å². The standard InChI is InChI=1S/C37H43N9O4S/c1-23-35(40-33-17-27(18-34(50-2)45(23)33)37(47)46-28-8-9-30(46)29(38)19-28)31-16-26-7-10-32(41-36(26)43(31)22-24-5-6-24)44-13-12-42(14-15-51(44,48)49)21-25-4-3-11-39-20-25/h3-4,7,10-11,16-18,20,24,28-30H,5-6,8-9,12-15,19,21-22,38H2,1-2H3/t28-,29+,30+/m0/s1. The van der Waals surface area contributed by atoms with Gasteiger partial charge in [-0.1, -0.05) is 6.07 Å². The molecule has 4 fully saturated rings. The molecule has 1 saturated carbocycles. The smallest absolute Gasteiger partial charge is 0.254 e. The van der Waals surface area contributed by atoms with Crippen molar-refractivity contribution < 1.29 is 17.9 Å². The fraction of sp³-hybridized carbons (Fsp3) is 0.459. The highest BCUT2D eigenvalue weighted by molar-refractivity contribution is 7.92. The number of carbonyl (C=O) groups is 1. The number of nitrogens with two attached hydrogens (primary N) is 1. The molecule has 1 aliphatic carbocycles. The summed E-state index contributed by atoms with van der Waals surface area (Å²) in [6, 6.07) is 13.7. The maximum absolute atomic E-state index is 13.9. The Kier molecular flexibility index (Phi) is 7.82. The van der Waals surface area contributed by atoms with Crippen molar-refractivity contribution in [2.45, 2.75) is 70.2 Å². The van der Waals surface area contributed by atoms with Crippen LogP contribution in [0.2, 0.25) is 0 Å². The van der Waals surface area contributed by atoms with Crippen LogP contribution in [0.3, 0.4) is 0 Å². The number of hydrogen-bond acceptors (Lipinski definition) is 9. The molecule has 266 valence electrons. The average molecular weight is 710 g/mol. The summed E-state index contributed by atoms with van der Waals surface area (Å²) in [6.07, 6.45) is 8.62. The number of sulfonamides is 1. The van der Waals surface area contributed by atoms with Gasteiger partial charge in [0, 0.05) is 80.3 Å². The number of ether oxygens (including phenoxy) is 1. The minimum absolute atomic E-state index is 0.0138. The summed E-state index contributed by atoms with van der Waals surface area (Å²) in [4.78, 5) is 32.4.